The van der Waals surface area contributed by atoms with Crippen LogP contribution in [0, 0.1) is 0 Å². The molecule has 0 spiro atoms. The summed E-state index contributed by atoms with van der Waals surface area (Å²) in [6, 6.07) is 13.6. The van der Waals surface area contributed by atoms with Crippen molar-refractivity contribution in [3.05, 3.63) is 68.7 Å². The van der Waals surface area contributed by atoms with Crippen molar-refractivity contribution in [3.63, 3.8) is 0 Å². The van der Waals surface area contributed by atoms with Crippen LogP contribution in [0.2, 0.25) is 5.02 Å². The molecule has 2 aromatic rings. The Kier molecular flexibility index (Phi) is 3.81. The number of amides is 1. The van der Waals surface area contributed by atoms with Crippen molar-refractivity contribution in [2.45, 2.75) is 13.0 Å². The summed E-state index contributed by atoms with van der Waals surface area (Å²) < 4.78 is 0.752. The first-order chi connectivity index (χ1) is 9.65. The lowest BCUT2D eigenvalue weighted by Crippen LogP contribution is -2.35. The zero-order valence-electron chi connectivity index (χ0n) is 10.8. The number of rotatable bonds is 1. The van der Waals surface area contributed by atoms with Gasteiger partial charge in [-0.25, -0.2) is 0 Å². The maximum atomic E-state index is 12.5. The fourth-order valence-corrected chi connectivity index (χ4v) is 2.98. The van der Waals surface area contributed by atoms with E-state index in [9.17, 15) is 4.79 Å². The molecule has 4 heteroatoms. The third-order valence-electron chi connectivity index (χ3n) is 3.58. The van der Waals surface area contributed by atoms with E-state index >= 15 is 0 Å². The predicted octanol–water partition coefficient (Wildman–Crippen LogP) is 4.30. The van der Waals surface area contributed by atoms with Crippen LogP contribution in [0.25, 0.3) is 0 Å². The Bertz CT molecular complexity index is 671. The lowest BCUT2D eigenvalue weighted by Gasteiger charge is -2.29. The minimum atomic E-state index is 0.0527. The van der Waals surface area contributed by atoms with Gasteiger partial charge in [-0.1, -0.05) is 35.9 Å². The number of halogens is 2. The first-order valence-electron chi connectivity index (χ1n) is 6.46. The van der Waals surface area contributed by atoms with Gasteiger partial charge in [0.2, 0.25) is 0 Å². The molecule has 1 aliphatic rings. The molecule has 0 atom stereocenters. The highest BCUT2D eigenvalue weighted by Crippen LogP contribution is 2.25. The summed E-state index contributed by atoms with van der Waals surface area (Å²) >= 11 is 9.33. The van der Waals surface area contributed by atoms with Gasteiger partial charge in [-0.2, -0.15) is 0 Å². The van der Waals surface area contributed by atoms with Gasteiger partial charge < -0.3 is 4.90 Å². The fourth-order valence-electron chi connectivity index (χ4n) is 2.48. The highest BCUT2D eigenvalue weighted by atomic mass is 79.9. The molecule has 3 rings (SSSR count). The Morgan fingerprint density at radius 2 is 1.90 bits per heavy atom. The first-order valence-corrected chi connectivity index (χ1v) is 7.63. The van der Waals surface area contributed by atoms with E-state index in [-0.39, 0.29) is 5.91 Å². The molecular formula is C16H13BrClNO. The normalized spacial score (nSPS) is 14.0. The van der Waals surface area contributed by atoms with Crippen molar-refractivity contribution in [1.82, 2.24) is 4.90 Å². The van der Waals surface area contributed by atoms with E-state index in [4.69, 9.17) is 11.6 Å². The lowest BCUT2D eigenvalue weighted by atomic mass is 9.99. The van der Waals surface area contributed by atoms with Crippen LogP contribution in [0.5, 0.6) is 0 Å². The van der Waals surface area contributed by atoms with E-state index in [0.717, 1.165) is 17.4 Å². The van der Waals surface area contributed by atoms with Crippen LogP contribution in [0.3, 0.4) is 0 Å². The van der Waals surface area contributed by atoms with Gasteiger partial charge in [-0.15, -0.1) is 0 Å². The van der Waals surface area contributed by atoms with Gasteiger partial charge >= 0.3 is 0 Å². The summed E-state index contributed by atoms with van der Waals surface area (Å²) in [5.74, 6) is 0.0527. The van der Waals surface area contributed by atoms with E-state index in [2.05, 4.69) is 28.1 Å². The van der Waals surface area contributed by atoms with Crippen LogP contribution in [-0.2, 0) is 13.0 Å². The van der Waals surface area contributed by atoms with E-state index in [1.54, 1.807) is 18.2 Å². The van der Waals surface area contributed by atoms with Crippen LogP contribution in [0.4, 0.5) is 0 Å². The summed E-state index contributed by atoms with van der Waals surface area (Å²) in [5, 5.41) is 0.616. The highest BCUT2D eigenvalue weighted by molar-refractivity contribution is 9.10. The van der Waals surface area contributed by atoms with Crippen molar-refractivity contribution in [2.24, 2.45) is 0 Å². The molecule has 1 aliphatic heterocycles. The third-order valence-corrected chi connectivity index (χ3v) is 4.80. The van der Waals surface area contributed by atoms with Crippen LogP contribution < -0.4 is 0 Å². The number of nitrogens with zero attached hydrogens (tertiary/aromatic N) is 1. The summed E-state index contributed by atoms with van der Waals surface area (Å²) in [4.78, 5) is 14.4. The largest absolute Gasteiger partial charge is 0.334 e. The van der Waals surface area contributed by atoms with Crippen molar-refractivity contribution < 1.29 is 4.79 Å². The predicted molar refractivity (Wildman–Crippen MR) is 84.0 cm³/mol. The van der Waals surface area contributed by atoms with Crippen molar-refractivity contribution in [1.29, 1.82) is 0 Å². The first kappa shape index (κ1) is 13.7. The Morgan fingerprint density at radius 3 is 2.65 bits per heavy atom. The van der Waals surface area contributed by atoms with Crippen molar-refractivity contribution in [2.75, 3.05) is 6.54 Å². The zero-order valence-corrected chi connectivity index (χ0v) is 13.1. The molecule has 0 aliphatic carbocycles. The Labute approximate surface area is 131 Å². The number of carbonyl (C=O) groups is 1. The third kappa shape index (κ3) is 2.60. The molecule has 1 heterocycles. The summed E-state index contributed by atoms with van der Waals surface area (Å²) in [6.45, 7) is 1.44. The molecule has 1 amide bonds. The number of hydrogen-bond acceptors (Lipinski definition) is 1. The second-order valence-electron chi connectivity index (χ2n) is 4.87. The highest BCUT2D eigenvalue weighted by Gasteiger charge is 2.21. The molecule has 0 unspecified atom stereocenters. The van der Waals surface area contributed by atoms with Gasteiger partial charge in [0, 0.05) is 23.1 Å². The molecule has 2 aromatic carbocycles. The van der Waals surface area contributed by atoms with E-state index in [1.807, 2.05) is 17.0 Å². The zero-order chi connectivity index (χ0) is 14.1. The molecule has 0 fully saturated rings. The van der Waals surface area contributed by atoms with Gasteiger partial charge in [-0.05, 0) is 51.7 Å². The van der Waals surface area contributed by atoms with Crippen molar-refractivity contribution >= 4 is 33.4 Å². The number of benzene rings is 2. The summed E-state index contributed by atoms with van der Waals surface area (Å²) in [5.41, 5.74) is 3.25. The number of hydrogen-bond donors (Lipinski definition) is 0. The molecule has 0 N–H and O–H groups in total. The van der Waals surface area contributed by atoms with Gasteiger partial charge in [0.15, 0.2) is 0 Å². The maximum absolute atomic E-state index is 12.5. The molecule has 2 nitrogen and oxygen atoms in total. The summed E-state index contributed by atoms with van der Waals surface area (Å²) in [7, 11) is 0. The average molecular weight is 351 g/mol. The second kappa shape index (κ2) is 5.58. The van der Waals surface area contributed by atoms with Crippen LogP contribution in [0.15, 0.2) is 46.9 Å². The standard InChI is InChI=1S/C16H13BrClNO/c17-14-9-12(5-6-15(14)18)16(20)19-8-7-11-3-1-2-4-13(11)10-19/h1-6,9H,7-8,10H2. The van der Waals surface area contributed by atoms with Crippen LogP contribution in [0.1, 0.15) is 21.5 Å². The minimum absolute atomic E-state index is 0.0527. The lowest BCUT2D eigenvalue weighted by molar-refractivity contribution is 0.0734. The molecule has 0 aromatic heterocycles. The van der Waals surface area contributed by atoms with Gasteiger partial charge in [-0.3, -0.25) is 4.79 Å². The molecule has 0 saturated carbocycles. The monoisotopic (exact) mass is 349 g/mol. The summed E-state index contributed by atoms with van der Waals surface area (Å²) in [6.07, 6.45) is 0.913. The van der Waals surface area contributed by atoms with Crippen molar-refractivity contribution in [3.8, 4) is 0 Å². The topological polar surface area (TPSA) is 20.3 Å². The van der Waals surface area contributed by atoms with Gasteiger partial charge in [0.25, 0.3) is 5.91 Å². The fraction of sp³-hybridized carbons (Fsp3) is 0.188. The van der Waals surface area contributed by atoms with Gasteiger partial charge in [0.1, 0.15) is 0 Å². The maximum Gasteiger partial charge on any atom is 0.254 e. The van der Waals surface area contributed by atoms with Gasteiger partial charge in [0.05, 0.1) is 5.02 Å². The Hall–Kier alpha value is -1.32. The average Bonchev–Trinajstić information content (AvgIpc) is 2.49. The van der Waals surface area contributed by atoms with E-state index in [0.29, 0.717) is 17.1 Å². The minimum Gasteiger partial charge on any atom is -0.334 e. The molecular weight excluding hydrogens is 338 g/mol. The molecule has 0 radical (unpaired) electrons. The van der Waals surface area contributed by atoms with E-state index in [1.165, 1.54) is 11.1 Å². The Balaban J connectivity index is 1.84. The Morgan fingerprint density at radius 1 is 1.15 bits per heavy atom. The van der Waals surface area contributed by atoms with Crippen LogP contribution in [-0.4, -0.2) is 17.4 Å². The quantitative estimate of drug-likeness (QED) is 0.751. The van der Waals surface area contributed by atoms with Crippen LogP contribution >= 0.6 is 27.5 Å². The SMILES string of the molecule is O=C(c1ccc(Cl)c(Br)c1)N1CCc2ccccc2C1. The molecule has 0 saturated heterocycles. The molecule has 102 valence electrons. The number of carbonyl (C=O) groups excluding carboxylic acids is 1. The van der Waals surface area contributed by atoms with E-state index < -0.39 is 0 Å². The second-order valence-corrected chi connectivity index (χ2v) is 6.14. The smallest absolute Gasteiger partial charge is 0.254 e. The molecule has 20 heavy (non-hydrogen) atoms. The number of fused-ring (bicyclic) bond motifs is 1. The molecule has 0 bridgehead atoms.